The zero-order valence-electron chi connectivity index (χ0n) is 19.6. The summed E-state index contributed by atoms with van der Waals surface area (Å²) in [7, 11) is 0. The molecule has 1 aliphatic carbocycles. The number of nitrogens with zero attached hydrogens (tertiary/aromatic N) is 1. The van der Waals surface area contributed by atoms with E-state index >= 15 is 4.39 Å². The second-order valence-corrected chi connectivity index (χ2v) is 9.94. The van der Waals surface area contributed by atoms with Crippen molar-refractivity contribution in [3.05, 3.63) is 35.6 Å². The SMILES string of the molecule is C[C@@](F)(C(=O)N1C[C@H]2CCC[C@H]2[C@H]1C(=O)N[C@H](C[C@@H]1CCNC1=O)C(=O)CF)c1cccc(F)c1. The average molecular weight is 494 g/mol. The Balaban J connectivity index is 1.57. The van der Waals surface area contributed by atoms with Crippen LogP contribution in [0.3, 0.4) is 0 Å². The Morgan fingerprint density at radius 1 is 1.26 bits per heavy atom. The fourth-order valence-corrected chi connectivity index (χ4v) is 5.80. The molecule has 35 heavy (non-hydrogen) atoms. The predicted molar refractivity (Wildman–Crippen MR) is 120 cm³/mol. The Bertz CT molecular complexity index is 1020. The summed E-state index contributed by atoms with van der Waals surface area (Å²) >= 11 is 0. The van der Waals surface area contributed by atoms with Crippen LogP contribution in [-0.4, -0.2) is 60.3 Å². The first kappa shape index (κ1) is 25.2. The number of fused-ring (bicyclic) bond motifs is 1. The zero-order chi connectivity index (χ0) is 25.3. The maximum absolute atomic E-state index is 15.8. The van der Waals surface area contributed by atoms with Gasteiger partial charge in [-0.3, -0.25) is 19.2 Å². The van der Waals surface area contributed by atoms with Crippen LogP contribution >= 0.6 is 0 Å². The summed E-state index contributed by atoms with van der Waals surface area (Å²) in [6.07, 6.45) is 2.71. The summed E-state index contributed by atoms with van der Waals surface area (Å²) in [5.41, 5.74) is -2.73. The molecule has 0 unspecified atom stereocenters. The molecule has 10 heteroatoms. The van der Waals surface area contributed by atoms with E-state index in [1.807, 2.05) is 0 Å². The smallest absolute Gasteiger partial charge is 0.265 e. The van der Waals surface area contributed by atoms with Crippen LogP contribution in [0.2, 0.25) is 0 Å². The van der Waals surface area contributed by atoms with Gasteiger partial charge in [-0.05, 0) is 56.6 Å². The molecule has 0 bridgehead atoms. The zero-order valence-corrected chi connectivity index (χ0v) is 19.6. The number of carbonyl (C=O) groups is 4. The van der Waals surface area contributed by atoms with Crippen LogP contribution in [0.4, 0.5) is 13.2 Å². The molecule has 2 aliphatic heterocycles. The van der Waals surface area contributed by atoms with Crippen molar-refractivity contribution in [3.8, 4) is 0 Å². The van der Waals surface area contributed by atoms with Crippen LogP contribution in [0.5, 0.6) is 0 Å². The summed E-state index contributed by atoms with van der Waals surface area (Å²) in [6, 6.07) is 2.46. The number of amides is 3. The third-order valence-electron chi connectivity index (χ3n) is 7.71. The van der Waals surface area contributed by atoms with Gasteiger partial charge in [0.15, 0.2) is 5.78 Å². The van der Waals surface area contributed by atoms with E-state index in [1.54, 1.807) is 0 Å². The molecule has 6 atom stereocenters. The minimum absolute atomic E-state index is 0.00561. The second-order valence-electron chi connectivity index (χ2n) is 9.94. The first-order valence-electron chi connectivity index (χ1n) is 12.1. The number of Topliss-reactive ketones (excluding diaryl/α,β-unsaturated/α-hetero) is 1. The van der Waals surface area contributed by atoms with E-state index in [-0.39, 0.29) is 36.3 Å². The van der Waals surface area contributed by atoms with E-state index in [0.717, 1.165) is 31.9 Å². The van der Waals surface area contributed by atoms with Crippen LogP contribution in [-0.2, 0) is 24.8 Å². The van der Waals surface area contributed by atoms with Gasteiger partial charge in [0, 0.05) is 24.6 Å². The van der Waals surface area contributed by atoms with Crippen molar-refractivity contribution in [2.45, 2.75) is 56.8 Å². The highest BCUT2D eigenvalue weighted by molar-refractivity contribution is 5.96. The van der Waals surface area contributed by atoms with Crippen molar-refractivity contribution >= 4 is 23.5 Å². The van der Waals surface area contributed by atoms with Crippen molar-refractivity contribution in [1.29, 1.82) is 0 Å². The number of hydrogen-bond donors (Lipinski definition) is 2. The van der Waals surface area contributed by atoms with Crippen molar-refractivity contribution < 1.29 is 32.3 Å². The normalized spacial score (nSPS) is 28.2. The lowest BCUT2D eigenvalue weighted by Gasteiger charge is -2.33. The number of nitrogens with one attached hydrogen (secondary N) is 2. The number of halogens is 3. The lowest BCUT2D eigenvalue weighted by Crippen LogP contribution is -2.55. The van der Waals surface area contributed by atoms with Gasteiger partial charge in [-0.1, -0.05) is 18.6 Å². The quantitative estimate of drug-likeness (QED) is 0.581. The van der Waals surface area contributed by atoms with Gasteiger partial charge in [0.1, 0.15) is 18.5 Å². The molecule has 2 N–H and O–H groups in total. The Morgan fingerprint density at radius 2 is 2.03 bits per heavy atom. The number of carbonyl (C=O) groups excluding carboxylic acids is 4. The minimum Gasteiger partial charge on any atom is -0.356 e. The van der Waals surface area contributed by atoms with Crippen LogP contribution in [0.15, 0.2) is 24.3 Å². The molecule has 0 radical (unpaired) electrons. The molecular formula is C25H30F3N3O4. The van der Waals surface area contributed by atoms with Crippen LogP contribution in [0.25, 0.3) is 0 Å². The second kappa shape index (κ2) is 9.99. The molecule has 1 aromatic rings. The van der Waals surface area contributed by atoms with Gasteiger partial charge in [0.05, 0.1) is 6.04 Å². The van der Waals surface area contributed by atoms with Gasteiger partial charge in [-0.15, -0.1) is 0 Å². The molecule has 190 valence electrons. The first-order valence-corrected chi connectivity index (χ1v) is 12.1. The van der Waals surface area contributed by atoms with Crippen molar-refractivity contribution in [3.63, 3.8) is 0 Å². The summed E-state index contributed by atoms with van der Waals surface area (Å²) in [5.74, 6) is -4.17. The molecule has 2 saturated heterocycles. The molecule has 2 heterocycles. The number of rotatable bonds is 8. The summed E-state index contributed by atoms with van der Waals surface area (Å²) in [6.45, 7) is 0.350. The maximum Gasteiger partial charge on any atom is 0.265 e. The standard InChI is InChI=1S/C25H30F3N3O4/c1-25(28,16-5-3-6-17(27)11-16)24(35)31-13-15-4-2-7-18(15)21(31)23(34)30-19(20(32)12-26)10-14-8-9-29-22(14)33/h3,5-6,11,14-15,18-19,21H,2,4,7-10,12-13H2,1H3,(H,29,33)(H,30,34)/t14-,15+,18+,19+,21-,25-/m0/s1. The summed E-state index contributed by atoms with van der Waals surface area (Å²) in [5, 5.41) is 5.22. The largest absolute Gasteiger partial charge is 0.356 e. The molecule has 3 fully saturated rings. The van der Waals surface area contributed by atoms with Crippen molar-refractivity contribution in [1.82, 2.24) is 15.5 Å². The molecule has 3 aliphatic rings. The van der Waals surface area contributed by atoms with E-state index < -0.39 is 53.8 Å². The van der Waals surface area contributed by atoms with Gasteiger partial charge in [-0.25, -0.2) is 13.2 Å². The number of benzene rings is 1. The highest BCUT2D eigenvalue weighted by atomic mass is 19.1. The fourth-order valence-electron chi connectivity index (χ4n) is 5.80. The summed E-state index contributed by atoms with van der Waals surface area (Å²) < 4.78 is 42.8. The molecule has 4 rings (SSSR count). The van der Waals surface area contributed by atoms with Gasteiger partial charge in [0.25, 0.3) is 5.91 Å². The molecular weight excluding hydrogens is 463 g/mol. The predicted octanol–water partition coefficient (Wildman–Crippen LogP) is 2.19. The van der Waals surface area contributed by atoms with E-state index in [1.165, 1.54) is 17.0 Å². The number of alkyl halides is 2. The fraction of sp³-hybridized carbons (Fsp3) is 0.600. The van der Waals surface area contributed by atoms with E-state index in [9.17, 15) is 28.0 Å². The Morgan fingerprint density at radius 3 is 2.69 bits per heavy atom. The van der Waals surface area contributed by atoms with E-state index in [0.29, 0.717) is 19.4 Å². The summed E-state index contributed by atoms with van der Waals surface area (Å²) in [4.78, 5) is 52.3. The van der Waals surface area contributed by atoms with Gasteiger partial charge < -0.3 is 15.5 Å². The minimum atomic E-state index is -2.57. The van der Waals surface area contributed by atoms with Crippen molar-refractivity contribution in [2.24, 2.45) is 17.8 Å². The molecule has 1 saturated carbocycles. The average Bonchev–Trinajstić information content (AvgIpc) is 3.53. The molecule has 1 aromatic carbocycles. The lowest BCUT2D eigenvalue weighted by molar-refractivity contribution is -0.149. The highest BCUT2D eigenvalue weighted by Gasteiger charge is 2.53. The van der Waals surface area contributed by atoms with Crippen LogP contribution in [0, 0.1) is 23.6 Å². The third-order valence-corrected chi connectivity index (χ3v) is 7.71. The monoisotopic (exact) mass is 493 g/mol. The molecule has 0 aromatic heterocycles. The number of likely N-dealkylation sites (tertiary alicyclic amines) is 1. The van der Waals surface area contributed by atoms with Crippen LogP contribution in [0.1, 0.15) is 44.6 Å². The molecule has 7 nitrogen and oxygen atoms in total. The van der Waals surface area contributed by atoms with E-state index in [2.05, 4.69) is 10.6 Å². The Kier molecular flexibility index (Phi) is 7.19. The number of ketones is 1. The van der Waals surface area contributed by atoms with E-state index in [4.69, 9.17) is 0 Å². The first-order chi connectivity index (χ1) is 16.6. The maximum atomic E-state index is 15.8. The third kappa shape index (κ3) is 4.92. The Hall–Kier alpha value is -2.91. The van der Waals surface area contributed by atoms with Crippen LogP contribution < -0.4 is 10.6 Å². The van der Waals surface area contributed by atoms with Gasteiger partial charge >= 0.3 is 0 Å². The Labute approximate surface area is 201 Å². The molecule has 3 amide bonds. The highest BCUT2D eigenvalue weighted by Crippen LogP contribution is 2.44. The van der Waals surface area contributed by atoms with Gasteiger partial charge in [0.2, 0.25) is 17.5 Å². The molecule has 0 spiro atoms. The van der Waals surface area contributed by atoms with Crippen molar-refractivity contribution in [2.75, 3.05) is 19.8 Å². The van der Waals surface area contributed by atoms with Gasteiger partial charge in [-0.2, -0.15) is 0 Å². The lowest BCUT2D eigenvalue weighted by atomic mass is 9.91. The number of hydrogen-bond acceptors (Lipinski definition) is 4. The topological polar surface area (TPSA) is 95.6 Å².